The highest BCUT2D eigenvalue weighted by molar-refractivity contribution is 7.99. The SMILES string of the molecule is COc1cc(Cl)c(C)cc1NC(=O)CCSc1nc(N)cc(N)n1. The molecule has 0 aliphatic heterocycles. The zero-order valence-corrected chi connectivity index (χ0v) is 14.9. The van der Waals surface area contributed by atoms with E-state index < -0.39 is 0 Å². The number of aromatic nitrogens is 2. The number of hydrogen-bond acceptors (Lipinski definition) is 7. The molecule has 0 unspecified atom stereocenters. The van der Waals surface area contributed by atoms with Gasteiger partial charge in [0.2, 0.25) is 5.91 Å². The van der Waals surface area contributed by atoms with Crippen LogP contribution >= 0.6 is 23.4 Å². The highest BCUT2D eigenvalue weighted by Gasteiger charge is 2.11. The molecule has 0 fully saturated rings. The number of nitrogens with two attached hydrogens (primary N) is 2. The van der Waals surface area contributed by atoms with Gasteiger partial charge in [-0.15, -0.1) is 0 Å². The Bertz CT molecular complexity index is 737. The summed E-state index contributed by atoms with van der Waals surface area (Å²) in [6.07, 6.45) is 0.271. The number of nitrogens with zero attached hydrogens (tertiary/aromatic N) is 2. The second-order valence-electron chi connectivity index (χ2n) is 4.95. The van der Waals surface area contributed by atoms with Gasteiger partial charge in [-0.3, -0.25) is 4.79 Å². The molecule has 7 nitrogen and oxygen atoms in total. The number of amides is 1. The predicted octanol–water partition coefficient (Wildman–Crippen LogP) is 2.73. The molecule has 1 aromatic carbocycles. The van der Waals surface area contributed by atoms with Gasteiger partial charge in [0, 0.05) is 29.3 Å². The number of anilines is 3. The lowest BCUT2D eigenvalue weighted by atomic mass is 10.2. The maximum Gasteiger partial charge on any atom is 0.225 e. The highest BCUT2D eigenvalue weighted by Crippen LogP contribution is 2.31. The summed E-state index contributed by atoms with van der Waals surface area (Å²) in [6, 6.07) is 4.92. The average molecular weight is 368 g/mol. The fourth-order valence-corrected chi connectivity index (χ4v) is 2.87. The van der Waals surface area contributed by atoms with E-state index in [0.29, 0.717) is 39.0 Å². The van der Waals surface area contributed by atoms with Gasteiger partial charge in [-0.25, -0.2) is 9.97 Å². The number of benzene rings is 1. The lowest BCUT2D eigenvalue weighted by Gasteiger charge is -2.12. The minimum Gasteiger partial charge on any atom is -0.495 e. The second-order valence-corrected chi connectivity index (χ2v) is 6.42. The second kappa shape index (κ2) is 8.07. The van der Waals surface area contributed by atoms with E-state index >= 15 is 0 Å². The first kappa shape index (κ1) is 18.2. The Morgan fingerprint density at radius 1 is 1.29 bits per heavy atom. The molecule has 0 aliphatic rings. The summed E-state index contributed by atoms with van der Waals surface area (Å²) in [7, 11) is 1.52. The number of hydrogen-bond donors (Lipinski definition) is 3. The van der Waals surface area contributed by atoms with Crippen molar-refractivity contribution < 1.29 is 9.53 Å². The Morgan fingerprint density at radius 3 is 2.58 bits per heavy atom. The van der Waals surface area contributed by atoms with Gasteiger partial charge >= 0.3 is 0 Å². The van der Waals surface area contributed by atoms with Crippen molar-refractivity contribution in [3.63, 3.8) is 0 Å². The fourth-order valence-electron chi connectivity index (χ4n) is 1.90. The molecule has 2 rings (SSSR count). The third-order valence-corrected chi connectivity index (χ3v) is 4.32. The zero-order chi connectivity index (χ0) is 17.7. The first-order valence-corrected chi connectivity index (χ1v) is 8.42. The van der Waals surface area contributed by atoms with Crippen molar-refractivity contribution >= 4 is 46.6 Å². The molecule has 0 atom stereocenters. The van der Waals surface area contributed by atoms with Gasteiger partial charge in [-0.1, -0.05) is 23.4 Å². The summed E-state index contributed by atoms with van der Waals surface area (Å²) in [5.74, 6) is 1.45. The number of aryl methyl sites for hydroxylation is 1. The van der Waals surface area contributed by atoms with Crippen molar-refractivity contribution in [1.29, 1.82) is 0 Å². The van der Waals surface area contributed by atoms with Crippen molar-refractivity contribution in [3.8, 4) is 5.75 Å². The van der Waals surface area contributed by atoms with Crippen molar-refractivity contribution in [2.75, 3.05) is 29.6 Å². The summed E-state index contributed by atoms with van der Waals surface area (Å²) < 4.78 is 5.23. The van der Waals surface area contributed by atoms with Crippen molar-refractivity contribution in [3.05, 3.63) is 28.8 Å². The van der Waals surface area contributed by atoms with Gasteiger partial charge in [0.25, 0.3) is 0 Å². The number of carbonyl (C=O) groups excluding carboxylic acids is 1. The predicted molar refractivity (Wildman–Crippen MR) is 97.6 cm³/mol. The standard InChI is InChI=1S/C15H18ClN5O2S/c1-8-5-10(11(23-2)6-9(8)16)19-14(22)3-4-24-15-20-12(17)7-13(18)21-15/h5-7H,3-4H2,1-2H3,(H,19,22)(H4,17,18,20,21). The van der Waals surface area contributed by atoms with E-state index in [1.807, 2.05) is 6.92 Å². The summed E-state index contributed by atoms with van der Waals surface area (Å²) in [4.78, 5) is 20.2. The maximum absolute atomic E-state index is 12.1. The molecule has 0 bridgehead atoms. The molecule has 24 heavy (non-hydrogen) atoms. The number of nitrogen functional groups attached to an aromatic ring is 2. The van der Waals surface area contributed by atoms with Crippen LogP contribution in [-0.4, -0.2) is 28.7 Å². The number of thioether (sulfide) groups is 1. The van der Waals surface area contributed by atoms with Crippen molar-refractivity contribution in [2.45, 2.75) is 18.5 Å². The van der Waals surface area contributed by atoms with Crippen LogP contribution in [0.1, 0.15) is 12.0 Å². The fraction of sp³-hybridized carbons (Fsp3) is 0.267. The molecule has 0 saturated carbocycles. The molecule has 5 N–H and O–H groups in total. The number of nitrogens with one attached hydrogen (secondary N) is 1. The first-order chi connectivity index (χ1) is 11.4. The Kier molecular flexibility index (Phi) is 6.10. The quantitative estimate of drug-likeness (QED) is 0.530. The van der Waals surface area contributed by atoms with Crippen LogP contribution in [0.25, 0.3) is 0 Å². The molecule has 1 amide bonds. The molecular weight excluding hydrogens is 350 g/mol. The largest absolute Gasteiger partial charge is 0.495 e. The molecule has 0 saturated heterocycles. The van der Waals surface area contributed by atoms with Gasteiger partial charge in [-0.05, 0) is 18.6 Å². The maximum atomic E-state index is 12.1. The van der Waals surface area contributed by atoms with E-state index in [0.717, 1.165) is 5.56 Å². The lowest BCUT2D eigenvalue weighted by Crippen LogP contribution is -2.13. The van der Waals surface area contributed by atoms with Gasteiger partial charge in [0.1, 0.15) is 17.4 Å². The van der Waals surface area contributed by atoms with Crippen molar-refractivity contribution in [1.82, 2.24) is 9.97 Å². The number of ether oxygens (including phenoxy) is 1. The molecule has 1 aromatic heterocycles. The van der Waals surface area contributed by atoms with E-state index in [2.05, 4.69) is 15.3 Å². The smallest absolute Gasteiger partial charge is 0.225 e. The Hall–Kier alpha value is -2.19. The highest BCUT2D eigenvalue weighted by atomic mass is 35.5. The molecule has 128 valence electrons. The number of carbonyl (C=O) groups is 1. The number of halogens is 1. The third kappa shape index (κ3) is 4.90. The van der Waals surface area contributed by atoms with E-state index in [9.17, 15) is 4.79 Å². The third-order valence-electron chi connectivity index (χ3n) is 3.06. The van der Waals surface area contributed by atoms with E-state index in [1.54, 1.807) is 12.1 Å². The first-order valence-electron chi connectivity index (χ1n) is 7.06. The number of rotatable bonds is 6. The van der Waals surface area contributed by atoms with E-state index in [1.165, 1.54) is 24.9 Å². The summed E-state index contributed by atoms with van der Waals surface area (Å²) in [6.45, 7) is 1.86. The van der Waals surface area contributed by atoms with Gasteiger partial charge in [-0.2, -0.15) is 0 Å². The van der Waals surface area contributed by atoms with Crippen LogP contribution in [0.5, 0.6) is 5.75 Å². The van der Waals surface area contributed by atoms with Crippen LogP contribution in [0.3, 0.4) is 0 Å². The molecule has 0 spiro atoms. The molecular formula is C15H18ClN5O2S. The van der Waals surface area contributed by atoms with Crippen molar-refractivity contribution in [2.24, 2.45) is 0 Å². The lowest BCUT2D eigenvalue weighted by molar-refractivity contribution is -0.115. The normalized spacial score (nSPS) is 10.5. The Labute approximate surface area is 149 Å². The Balaban J connectivity index is 1.93. The van der Waals surface area contributed by atoms with E-state index in [4.69, 9.17) is 27.8 Å². The molecule has 9 heteroatoms. The number of methoxy groups -OCH3 is 1. The molecule has 0 radical (unpaired) electrons. The van der Waals surface area contributed by atoms with Crippen LogP contribution in [0.2, 0.25) is 5.02 Å². The minimum atomic E-state index is -0.153. The minimum absolute atomic E-state index is 0.153. The van der Waals surface area contributed by atoms with Crippen LogP contribution in [0, 0.1) is 6.92 Å². The van der Waals surface area contributed by atoms with Crippen LogP contribution in [-0.2, 0) is 4.79 Å². The summed E-state index contributed by atoms with van der Waals surface area (Å²) >= 11 is 7.36. The Morgan fingerprint density at radius 2 is 1.96 bits per heavy atom. The molecule has 0 aliphatic carbocycles. The molecule has 1 heterocycles. The van der Waals surface area contributed by atoms with Crippen LogP contribution in [0.15, 0.2) is 23.4 Å². The van der Waals surface area contributed by atoms with Crippen LogP contribution in [0.4, 0.5) is 17.3 Å². The zero-order valence-electron chi connectivity index (χ0n) is 13.3. The van der Waals surface area contributed by atoms with E-state index in [-0.39, 0.29) is 12.3 Å². The topological polar surface area (TPSA) is 116 Å². The van der Waals surface area contributed by atoms with Gasteiger partial charge < -0.3 is 21.5 Å². The molecule has 2 aromatic rings. The summed E-state index contributed by atoms with van der Waals surface area (Å²) in [5.41, 5.74) is 12.6. The van der Waals surface area contributed by atoms with Crippen LogP contribution < -0.4 is 21.5 Å². The summed E-state index contributed by atoms with van der Waals surface area (Å²) in [5, 5.41) is 3.84. The van der Waals surface area contributed by atoms with Gasteiger partial charge in [0.05, 0.1) is 12.8 Å². The van der Waals surface area contributed by atoms with Gasteiger partial charge in [0.15, 0.2) is 5.16 Å². The monoisotopic (exact) mass is 367 g/mol. The average Bonchev–Trinajstić information content (AvgIpc) is 2.49.